The second-order valence-corrected chi connectivity index (χ2v) is 4.62. The monoisotopic (exact) mass is 287 g/mol. The number of aliphatic hydroxyl groups excluding tert-OH is 1. The molecule has 3 nitrogen and oxygen atoms in total. The zero-order valence-electron chi connectivity index (χ0n) is 9.99. The Morgan fingerprint density at radius 2 is 2.17 bits per heavy atom. The number of nitrogens with one attached hydrogen (secondary N) is 1. The van der Waals surface area contributed by atoms with Crippen LogP contribution in [0, 0.1) is 0 Å². The molecule has 0 bridgehead atoms. The van der Waals surface area contributed by atoms with Crippen molar-refractivity contribution in [3.05, 3.63) is 39.9 Å². The van der Waals surface area contributed by atoms with E-state index in [9.17, 15) is 4.79 Å². The maximum Gasteiger partial charge on any atom is 0.244 e. The predicted octanol–water partition coefficient (Wildman–Crippen LogP) is 2.89. The van der Waals surface area contributed by atoms with E-state index in [4.69, 9.17) is 28.3 Å². The van der Waals surface area contributed by atoms with E-state index in [0.29, 0.717) is 16.5 Å². The molecule has 1 aromatic carbocycles. The Bertz CT molecular complexity index is 443. The molecule has 1 atom stereocenters. The van der Waals surface area contributed by atoms with Gasteiger partial charge in [0.1, 0.15) is 0 Å². The number of carbonyl (C=O) groups is 1. The van der Waals surface area contributed by atoms with Crippen LogP contribution in [0.3, 0.4) is 0 Å². The smallest absolute Gasteiger partial charge is 0.244 e. The van der Waals surface area contributed by atoms with Crippen LogP contribution in [0.1, 0.15) is 18.9 Å². The molecule has 2 N–H and O–H groups in total. The molecule has 0 heterocycles. The zero-order chi connectivity index (χ0) is 13.5. The Kier molecular flexibility index (Phi) is 6.19. The molecule has 0 radical (unpaired) electrons. The van der Waals surface area contributed by atoms with Crippen LogP contribution in [0.15, 0.2) is 24.3 Å². The maximum absolute atomic E-state index is 11.5. The fraction of sp³-hybridized carbons (Fsp3) is 0.308. The molecular weight excluding hydrogens is 273 g/mol. The SMILES string of the molecule is CC[C@@H](CO)NC(=O)/C=C/c1ccc(Cl)c(Cl)c1. The number of carbonyl (C=O) groups excluding carboxylic acids is 1. The van der Waals surface area contributed by atoms with Gasteiger partial charge in [-0.3, -0.25) is 4.79 Å². The molecule has 5 heteroatoms. The summed E-state index contributed by atoms with van der Waals surface area (Å²) in [5, 5.41) is 12.6. The van der Waals surface area contributed by atoms with E-state index in [1.165, 1.54) is 6.08 Å². The van der Waals surface area contributed by atoms with Crippen molar-refractivity contribution in [3.8, 4) is 0 Å². The first kappa shape index (κ1) is 15.0. The highest BCUT2D eigenvalue weighted by Crippen LogP contribution is 2.22. The molecule has 18 heavy (non-hydrogen) atoms. The van der Waals surface area contributed by atoms with Crippen molar-refractivity contribution in [2.24, 2.45) is 0 Å². The average molecular weight is 288 g/mol. The van der Waals surface area contributed by atoms with Gasteiger partial charge in [-0.1, -0.05) is 36.2 Å². The fourth-order valence-electron chi connectivity index (χ4n) is 1.31. The second-order valence-electron chi connectivity index (χ2n) is 3.80. The lowest BCUT2D eigenvalue weighted by Gasteiger charge is -2.11. The van der Waals surface area contributed by atoms with E-state index in [-0.39, 0.29) is 18.6 Å². The lowest BCUT2D eigenvalue weighted by Crippen LogP contribution is -2.35. The van der Waals surface area contributed by atoms with Crippen LogP contribution in [0.2, 0.25) is 10.0 Å². The lowest BCUT2D eigenvalue weighted by atomic mass is 10.2. The minimum absolute atomic E-state index is 0.0666. The zero-order valence-corrected chi connectivity index (χ0v) is 11.5. The van der Waals surface area contributed by atoms with Crippen molar-refractivity contribution in [1.82, 2.24) is 5.32 Å². The highest BCUT2D eigenvalue weighted by molar-refractivity contribution is 6.42. The Labute approximate surface area is 116 Å². The van der Waals surface area contributed by atoms with Crippen LogP contribution in [-0.4, -0.2) is 23.7 Å². The molecule has 0 spiro atoms. The fourth-order valence-corrected chi connectivity index (χ4v) is 1.62. The number of hydrogen-bond acceptors (Lipinski definition) is 2. The van der Waals surface area contributed by atoms with E-state index < -0.39 is 0 Å². The van der Waals surface area contributed by atoms with Gasteiger partial charge in [0.25, 0.3) is 0 Å². The number of rotatable bonds is 5. The summed E-state index contributed by atoms with van der Waals surface area (Å²) in [4.78, 5) is 11.5. The van der Waals surface area contributed by atoms with Gasteiger partial charge >= 0.3 is 0 Å². The summed E-state index contributed by atoms with van der Waals surface area (Å²) in [7, 11) is 0. The van der Waals surface area contributed by atoms with Gasteiger partial charge in [-0.2, -0.15) is 0 Å². The number of hydrogen-bond donors (Lipinski definition) is 2. The lowest BCUT2D eigenvalue weighted by molar-refractivity contribution is -0.117. The van der Waals surface area contributed by atoms with E-state index in [1.807, 2.05) is 6.92 Å². The summed E-state index contributed by atoms with van der Waals surface area (Å²) < 4.78 is 0. The summed E-state index contributed by atoms with van der Waals surface area (Å²) in [6, 6.07) is 4.90. The molecule has 1 amide bonds. The molecule has 0 aliphatic heterocycles. The molecule has 0 unspecified atom stereocenters. The molecular formula is C13H15Cl2NO2. The molecule has 0 saturated carbocycles. The summed E-state index contributed by atoms with van der Waals surface area (Å²) in [6.07, 6.45) is 3.72. The maximum atomic E-state index is 11.5. The van der Waals surface area contributed by atoms with Crippen molar-refractivity contribution in [1.29, 1.82) is 0 Å². The van der Waals surface area contributed by atoms with Crippen LogP contribution in [0.5, 0.6) is 0 Å². The van der Waals surface area contributed by atoms with Crippen LogP contribution >= 0.6 is 23.2 Å². The van der Waals surface area contributed by atoms with Gasteiger partial charge in [0, 0.05) is 6.08 Å². The third kappa shape index (κ3) is 4.69. The van der Waals surface area contributed by atoms with E-state index in [1.54, 1.807) is 24.3 Å². The predicted molar refractivity (Wildman–Crippen MR) is 74.8 cm³/mol. The van der Waals surface area contributed by atoms with Crippen LogP contribution < -0.4 is 5.32 Å². The van der Waals surface area contributed by atoms with Crippen LogP contribution in [0.25, 0.3) is 6.08 Å². The number of halogens is 2. The molecule has 0 aliphatic carbocycles. The number of aliphatic hydroxyl groups is 1. The first-order chi connectivity index (χ1) is 8.56. The molecule has 0 fully saturated rings. The van der Waals surface area contributed by atoms with Crippen LogP contribution in [0.4, 0.5) is 0 Å². The van der Waals surface area contributed by atoms with Crippen molar-refractivity contribution in [2.45, 2.75) is 19.4 Å². The largest absolute Gasteiger partial charge is 0.394 e. The molecule has 0 aliphatic rings. The molecule has 1 aromatic rings. The van der Waals surface area contributed by atoms with Crippen molar-refractivity contribution >= 4 is 35.2 Å². The van der Waals surface area contributed by atoms with E-state index in [0.717, 1.165) is 5.56 Å². The first-order valence-corrected chi connectivity index (χ1v) is 6.37. The molecule has 0 aromatic heterocycles. The van der Waals surface area contributed by atoms with Gasteiger partial charge in [0.15, 0.2) is 0 Å². The molecule has 1 rings (SSSR count). The minimum atomic E-state index is -0.248. The number of benzene rings is 1. The summed E-state index contributed by atoms with van der Waals surface area (Å²) >= 11 is 11.6. The summed E-state index contributed by atoms with van der Waals surface area (Å²) in [6.45, 7) is 1.83. The Morgan fingerprint density at radius 3 is 2.72 bits per heavy atom. The van der Waals surface area contributed by atoms with Gasteiger partial charge < -0.3 is 10.4 Å². The Hall–Kier alpha value is -1.03. The van der Waals surface area contributed by atoms with Gasteiger partial charge in [-0.05, 0) is 30.2 Å². The highest BCUT2D eigenvalue weighted by atomic mass is 35.5. The quantitative estimate of drug-likeness (QED) is 0.818. The van der Waals surface area contributed by atoms with Crippen molar-refractivity contribution in [2.75, 3.05) is 6.61 Å². The Morgan fingerprint density at radius 1 is 1.44 bits per heavy atom. The van der Waals surface area contributed by atoms with E-state index >= 15 is 0 Å². The average Bonchev–Trinajstić information content (AvgIpc) is 2.37. The first-order valence-electron chi connectivity index (χ1n) is 5.61. The van der Waals surface area contributed by atoms with E-state index in [2.05, 4.69) is 5.32 Å². The number of amides is 1. The third-order valence-electron chi connectivity index (χ3n) is 2.43. The molecule has 98 valence electrons. The van der Waals surface area contributed by atoms with Crippen molar-refractivity contribution in [3.63, 3.8) is 0 Å². The Balaban J connectivity index is 2.63. The summed E-state index contributed by atoms with van der Waals surface area (Å²) in [5.74, 6) is -0.248. The van der Waals surface area contributed by atoms with Crippen LogP contribution in [-0.2, 0) is 4.79 Å². The standard InChI is InChI=1S/C13H15Cl2NO2/c1-2-10(8-17)16-13(18)6-4-9-3-5-11(14)12(15)7-9/h3-7,10,17H,2,8H2,1H3,(H,16,18)/b6-4+/t10-/m0/s1. The second kappa shape index (κ2) is 7.41. The topological polar surface area (TPSA) is 49.3 Å². The summed E-state index contributed by atoms with van der Waals surface area (Å²) in [5.41, 5.74) is 0.789. The molecule has 0 saturated heterocycles. The van der Waals surface area contributed by atoms with Gasteiger partial charge in [-0.15, -0.1) is 0 Å². The third-order valence-corrected chi connectivity index (χ3v) is 3.17. The van der Waals surface area contributed by atoms with Gasteiger partial charge in [0.05, 0.1) is 22.7 Å². The van der Waals surface area contributed by atoms with Gasteiger partial charge in [-0.25, -0.2) is 0 Å². The highest BCUT2D eigenvalue weighted by Gasteiger charge is 2.06. The normalized spacial score (nSPS) is 12.7. The minimum Gasteiger partial charge on any atom is -0.394 e. The van der Waals surface area contributed by atoms with Gasteiger partial charge in [0.2, 0.25) is 5.91 Å². The van der Waals surface area contributed by atoms with Crippen molar-refractivity contribution < 1.29 is 9.90 Å².